The molecule has 5 aromatic rings. The third-order valence-corrected chi connectivity index (χ3v) is 6.68. The van der Waals surface area contributed by atoms with Gasteiger partial charge in [-0.25, -0.2) is 4.39 Å². The molecule has 6 rings (SSSR count). The van der Waals surface area contributed by atoms with Gasteiger partial charge in [-0.05, 0) is 74.5 Å². The molecule has 0 bridgehead atoms. The maximum atomic E-state index is 13.5. The Morgan fingerprint density at radius 3 is 2.74 bits per heavy atom. The molecule has 1 fully saturated rings. The van der Waals surface area contributed by atoms with Crippen LogP contribution >= 0.6 is 0 Å². The van der Waals surface area contributed by atoms with Gasteiger partial charge in [-0.15, -0.1) is 0 Å². The fraction of sp³-hybridized carbons (Fsp3) is 0.222. The maximum Gasteiger partial charge on any atom is 0.266 e. The lowest BCUT2D eigenvalue weighted by Crippen LogP contribution is -2.24. The zero-order chi connectivity index (χ0) is 23.9. The summed E-state index contributed by atoms with van der Waals surface area (Å²) >= 11 is 0. The molecule has 1 aliphatic rings. The number of pyridine rings is 1. The molecular weight excluding hydrogens is 445 g/mol. The summed E-state index contributed by atoms with van der Waals surface area (Å²) in [4.78, 5) is 15.8. The minimum atomic E-state index is -0.501. The van der Waals surface area contributed by atoms with E-state index in [1.807, 2.05) is 35.1 Å². The third-order valence-electron chi connectivity index (χ3n) is 6.68. The SMILES string of the molecule is N#Cc1cc(F)ccc1-c1cc2c(=O)n(-c3ccc4c(cnn4CCN4CCCC4)c3)ccc2o1. The Labute approximate surface area is 200 Å². The van der Waals surface area contributed by atoms with Gasteiger partial charge in [0.05, 0.1) is 35.3 Å². The number of nitrogens with zero attached hydrogens (tertiary/aromatic N) is 5. The molecule has 0 aliphatic carbocycles. The number of aromatic nitrogens is 3. The number of likely N-dealkylation sites (tertiary alicyclic amines) is 1. The normalized spacial score (nSPS) is 14.2. The number of rotatable bonds is 5. The van der Waals surface area contributed by atoms with Crippen molar-refractivity contribution in [3.8, 4) is 23.1 Å². The lowest BCUT2D eigenvalue weighted by Gasteiger charge is -2.14. The van der Waals surface area contributed by atoms with Crippen LogP contribution in [0.5, 0.6) is 0 Å². The fourth-order valence-corrected chi connectivity index (χ4v) is 4.84. The molecule has 174 valence electrons. The number of fused-ring (bicyclic) bond motifs is 2. The summed E-state index contributed by atoms with van der Waals surface area (Å²) in [6.45, 7) is 4.13. The summed E-state index contributed by atoms with van der Waals surface area (Å²) in [6, 6.07) is 15.1. The minimum Gasteiger partial charge on any atom is -0.456 e. The molecule has 7 nitrogen and oxygen atoms in total. The van der Waals surface area contributed by atoms with Crippen molar-refractivity contribution < 1.29 is 8.81 Å². The summed E-state index contributed by atoms with van der Waals surface area (Å²) in [5.74, 6) is -0.153. The van der Waals surface area contributed by atoms with Gasteiger partial charge in [-0.3, -0.25) is 14.0 Å². The lowest BCUT2D eigenvalue weighted by molar-refractivity contribution is 0.318. The summed E-state index contributed by atoms with van der Waals surface area (Å²) in [6.07, 6.45) is 6.04. The van der Waals surface area contributed by atoms with Crippen molar-refractivity contribution in [1.82, 2.24) is 19.2 Å². The van der Waals surface area contributed by atoms with Crippen molar-refractivity contribution in [2.75, 3.05) is 19.6 Å². The van der Waals surface area contributed by atoms with Crippen LogP contribution in [-0.2, 0) is 6.54 Å². The molecule has 0 N–H and O–H groups in total. The summed E-state index contributed by atoms with van der Waals surface area (Å²) in [7, 11) is 0. The summed E-state index contributed by atoms with van der Waals surface area (Å²) in [5.41, 5.74) is 2.53. The Bertz CT molecular complexity index is 1670. The van der Waals surface area contributed by atoms with E-state index in [0.717, 1.165) is 48.8 Å². The third kappa shape index (κ3) is 3.80. The highest BCUT2D eigenvalue weighted by molar-refractivity contribution is 5.84. The predicted molar refractivity (Wildman–Crippen MR) is 131 cm³/mol. The lowest BCUT2D eigenvalue weighted by atomic mass is 10.1. The molecule has 0 atom stereocenters. The van der Waals surface area contributed by atoms with Gasteiger partial charge in [0, 0.05) is 29.4 Å². The monoisotopic (exact) mass is 467 g/mol. The Kier molecular flexibility index (Phi) is 5.20. The van der Waals surface area contributed by atoms with Crippen molar-refractivity contribution in [3.05, 3.63) is 82.7 Å². The second kappa shape index (κ2) is 8.53. The first-order valence-electron chi connectivity index (χ1n) is 11.6. The molecule has 0 radical (unpaired) electrons. The zero-order valence-electron chi connectivity index (χ0n) is 18.9. The molecule has 1 saturated heterocycles. The average Bonchev–Trinajstić information content (AvgIpc) is 3.62. The summed E-state index contributed by atoms with van der Waals surface area (Å²) in [5, 5.41) is 15.3. The van der Waals surface area contributed by atoms with Gasteiger partial charge in [-0.2, -0.15) is 10.4 Å². The molecule has 4 heterocycles. The van der Waals surface area contributed by atoms with E-state index >= 15 is 0 Å². The van der Waals surface area contributed by atoms with Crippen molar-refractivity contribution >= 4 is 21.9 Å². The first-order valence-corrected chi connectivity index (χ1v) is 11.6. The van der Waals surface area contributed by atoms with Gasteiger partial charge in [-0.1, -0.05) is 0 Å². The molecule has 35 heavy (non-hydrogen) atoms. The molecule has 0 unspecified atom stereocenters. The molecule has 8 heteroatoms. The van der Waals surface area contributed by atoms with Gasteiger partial charge in [0.15, 0.2) is 0 Å². The van der Waals surface area contributed by atoms with Gasteiger partial charge >= 0.3 is 0 Å². The topological polar surface area (TPSA) is 80.0 Å². The van der Waals surface area contributed by atoms with Crippen LogP contribution in [0.1, 0.15) is 18.4 Å². The van der Waals surface area contributed by atoms with Crippen LogP contribution in [-0.4, -0.2) is 38.9 Å². The van der Waals surface area contributed by atoms with E-state index in [2.05, 4.69) is 10.00 Å². The fourth-order valence-electron chi connectivity index (χ4n) is 4.84. The maximum absolute atomic E-state index is 13.5. The van der Waals surface area contributed by atoms with Crippen LogP contribution < -0.4 is 5.56 Å². The van der Waals surface area contributed by atoms with Gasteiger partial charge in [0.1, 0.15) is 17.2 Å². The number of hydrogen-bond donors (Lipinski definition) is 0. The van der Waals surface area contributed by atoms with Crippen molar-refractivity contribution in [2.24, 2.45) is 0 Å². The predicted octanol–water partition coefficient (Wildman–Crippen LogP) is 4.71. The number of halogens is 1. The van der Waals surface area contributed by atoms with E-state index in [1.54, 1.807) is 22.9 Å². The number of nitriles is 1. The van der Waals surface area contributed by atoms with E-state index in [9.17, 15) is 14.4 Å². The zero-order valence-corrected chi connectivity index (χ0v) is 18.9. The van der Waals surface area contributed by atoms with Crippen LogP contribution in [0.3, 0.4) is 0 Å². The number of furan rings is 1. The molecule has 2 aromatic carbocycles. The molecule has 0 amide bonds. The standard InChI is InChI=1S/C27H22FN5O2/c28-20-3-5-22(18(13-20)16-29)26-15-23-25(35-26)7-10-32(27(23)34)21-4-6-24-19(14-21)17-30-33(24)12-11-31-8-1-2-9-31/h3-7,10,13-15,17H,1-2,8-9,11-12H2. The van der Waals surface area contributed by atoms with Crippen LogP contribution in [0.25, 0.3) is 38.9 Å². The average molecular weight is 468 g/mol. The van der Waals surface area contributed by atoms with Gasteiger partial charge in [0.2, 0.25) is 0 Å². The first kappa shape index (κ1) is 21.3. The number of benzene rings is 2. The minimum absolute atomic E-state index is 0.150. The molecule has 0 spiro atoms. The summed E-state index contributed by atoms with van der Waals surface area (Å²) < 4.78 is 23.0. The van der Waals surface area contributed by atoms with Crippen LogP contribution in [0, 0.1) is 17.1 Å². The van der Waals surface area contributed by atoms with Crippen LogP contribution in [0.2, 0.25) is 0 Å². The van der Waals surface area contributed by atoms with Crippen molar-refractivity contribution in [2.45, 2.75) is 19.4 Å². The van der Waals surface area contributed by atoms with Crippen LogP contribution in [0.15, 0.2) is 70.1 Å². The highest BCUT2D eigenvalue weighted by Gasteiger charge is 2.16. The second-order valence-corrected chi connectivity index (χ2v) is 8.84. The van der Waals surface area contributed by atoms with E-state index in [0.29, 0.717) is 22.3 Å². The molecule has 0 saturated carbocycles. The van der Waals surface area contributed by atoms with Crippen LogP contribution in [0.4, 0.5) is 4.39 Å². The quantitative estimate of drug-likeness (QED) is 0.374. The van der Waals surface area contributed by atoms with Gasteiger partial charge < -0.3 is 9.32 Å². The Balaban J connectivity index is 1.34. The van der Waals surface area contributed by atoms with Crippen molar-refractivity contribution in [1.29, 1.82) is 5.26 Å². The Hall–Kier alpha value is -4.22. The van der Waals surface area contributed by atoms with Crippen molar-refractivity contribution in [3.63, 3.8) is 0 Å². The smallest absolute Gasteiger partial charge is 0.266 e. The van der Waals surface area contributed by atoms with E-state index in [4.69, 9.17) is 4.42 Å². The molecular formula is C27H22FN5O2. The largest absolute Gasteiger partial charge is 0.456 e. The van der Waals surface area contributed by atoms with E-state index in [-0.39, 0.29) is 11.1 Å². The second-order valence-electron chi connectivity index (χ2n) is 8.84. The van der Waals surface area contributed by atoms with E-state index < -0.39 is 5.82 Å². The molecule has 3 aromatic heterocycles. The van der Waals surface area contributed by atoms with E-state index in [1.165, 1.54) is 25.0 Å². The highest BCUT2D eigenvalue weighted by Crippen LogP contribution is 2.29. The van der Waals surface area contributed by atoms with Gasteiger partial charge in [0.25, 0.3) is 5.56 Å². The Morgan fingerprint density at radius 1 is 1.06 bits per heavy atom. The highest BCUT2D eigenvalue weighted by atomic mass is 19.1. The first-order chi connectivity index (χ1) is 17.1. The Morgan fingerprint density at radius 2 is 1.91 bits per heavy atom. The molecule has 1 aliphatic heterocycles. The number of hydrogen-bond acceptors (Lipinski definition) is 5.